The third-order valence-electron chi connectivity index (χ3n) is 2.75. The molecule has 8 heteroatoms. The third-order valence-corrected chi connectivity index (χ3v) is 4.61. The van der Waals surface area contributed by atoms with Crippen molar-refractivity contribution in [2.75, 3.05) is 12.3 Å². The fourth-order valence-corrected chi connectivity index (χ4v) is 2.91. The molecule has 1 aromatic carbocycles. The summed E-state index contributed by atoms with van der Waals surface area (Å²) in [6.07, 6.45) is 0.370. The lowest BCUT2D eigenvalue weighted by Gasteiger charge is -2.21. The number of hydrogen-bond acceptors (Lipinski definition) is 4. The second kappa shape index (κ2) is 5.62. The van der Waals surface area contributed by atoms with Gasteiger partial charge in [-0.3, -0.25) is 0 Å². The number of nitrogens with one attached hydrogen (secondary N) is 1. The number of hydrogen-bond donors (Lipinski definition) is 3. The third kappa shape index (κ3) is 4.04. The zero-order valence-corrected chi connectivity index (χ0v) is 12.1. The second-order valence-corrected chi connectivity index (χ2v) is 6.62. The summed E-state index contributed by atoms with van der Waals surface area (Å²) >= 11 is 5.69. The van der Waals surface area contributed by atoms with E-state index < -0.39 is 21.4 Å². The molecular weight excluding hydrogens is 295 g/mol. The Kier molecular flexibility index (Phi) is 4.78. The van der Waals surface area contributed by atoms with Gasteiger partial charge in [-0.15, -0.1) is 0 Å². The molecule has 108 valence electrons. The Labute approximate surface area is 116 Å². The van der Waals surface area contributed by atoms with Crippen LogP contribution < -0.4 is 10.5 Å². The van der Waals surface area contributed by atoms with Gasteiger partial charge in [0, 0.05) is 6.54 Å². The lowest BCUT2D eigenvalue weighted by atomic mass is 10.1. The lowest BCUT2D eigenvalue weighted by Crippen LogP contribution is -2.40. The fraction of sp³-hybridized carbons (Fsp3) is 0.455. The zero-order valence-electron chi connectivity index (χ0n) is 10.6. The van der Waals surface area contributed by atoms with Crippen LogP contribution in [0.3, 0.4) is 0 Å². The Hall–Kier alpha value is -0.890. The summed E-state index contributed by atoms with van der Waals surface area (Å²) in [6, 6.07) is 1.78. The molecule has 1 rings (SSSR count). The van der Waals surface area contributed by atoms with Crippen LogP contribution in [0, 0.1) is 5.82 Å². The predicted octanol–water partition coefficient (Wildman–Crippen LogP) is 1.50. The van der Waals surface area contributed by atoms with Gasteiger partial charge in [0.15, 0.2) is 0 Å². The average molecular weight is 311 g/mol. The summed E-state index contributed by atoms with van der Waals surface area (Å²) in [5.74, 6) is -0.787. The summed E-state index contributed by atoms with van der Waals surface area (Å²) in [4.78, 5) is -0.319. The van der Waals surface area contributed by atoms with Crippen LogP contribution >= 0.6 is 11.6 Å². The molecule has 5 nitrogen and oxygen atoms in total. The van der Waals surface area contributed by atoms with E-state index in [-0.39, 0.29) is 22.2 Å². The second-order valence-electron chi connectivity index (χ2n) is 4.48. The number of halogens is 2. The SMILES string of the molecule is CCC(C)(O)CNS(=O)(=O)c1cc(N)c(F)cc1Cl. The summed E-state index contributed by atoms with van der Waals surface area (Å²) < 4.78 is 39.3. The molecule has 0 heterocycles. The summed E-state index contributed by atoms with van der Waals surface area (Å²) in [5, 5.41) is 9.49. The topological polar surface area (TPSA) is 92.4 Å². The minimum atomic E-state index is -3.96. The van der Waals surface area contributed by atoms with Crippen molar-refractivity contribution in [3.63, 3.8) is 0 Å². The number of sulfonamides is 1. The lowest BCUT2D eigenvalue weighted by molar-refractivity contribution is 0.0613. The normalized spacial score (nSPS) is 15.2. The van der Waals surface area contributed by atoms with Crippen molar-refractivity contribution in [1.82, 2.24) is 4.72 Å². The van der Waals surface area contributed by atoms with Crippen molar-refractivity contribution in [1.29, 1.82) is 0 Å². The zero-order chi connectivity index (χ0) is 14.8. The maximum absolute atomic E-state index is 13.1. The number of benzene rings is 1. The Bertz CT molecular complexity index is 576. The molecule has 0 saturated heterocycles. The Morgan fingerprint density at radius 2 is 2.11 bits per heavy atom. The Morgan fingerprint density at radius 1 is 1.53 bits per heavy atom. The van der Waals surface area contributed by atoms with E-state index in [1.165, 1.54) is 6.92 Å². The highest BCUT2D eigenvalue weighted by molar-refractivity contribution is 7.89. The van der Waals surface area contributed by atoms with Crippen molar-refractivity contribution in [3.05, 3.63) is 23.0 Å². The molecule has 19 heavy (non-hydrogen) atoms. The van der Waals surface area contributed by atoms with Gasteiger partial charge in [0.25, 0.3) is 0 Å². The van der Waals surface area contributed by atoms with Gasteiger partial charge in [0.05, 0.1) is 16.3 Å². The molecule has 0 saturated carbocycles. The van der Waals surface area contributed by atoms with Crippen LogP contribution in [0.4, 0.5) is 10.1 Å². The fourth-order valence-electron chi connectivity index (χ4n) is 1.20. The van der Waals surface area contributed by atoms with Gasteiger partial charge in [-0.25, -0.2) is 17.5 Å². The minimum Gasteiger partial charge on any atom is -0.396 e. The van der Waals surface area contributed by atoms with E-state index in [1.54, 1.807) is 6.92 Å². The smallest absolute Gasteiger partial charge is 0.242 e. The number of rotatable bonds is 5. The van der Waals surface area contributed by atoms with E-state index in [4.69, 9.17) is 17.3 Å². The highest BCUT2D eigenvalue weighted by atomic mass is 35.5. The van der Waals surface area contributed by atoms with Crippen molar-refractivity contribution < 1.29 is 17.9 Å². The van der Waals surface area contributed by atoms with Gasteiger partial charge >= 0.3 is 0 Å². The molecule has 0 aliphatic rings. The standard InChI is InChI=1S/C11H16ClFN2O3S/c1-3-11(2,16)6-15-19(17,18)10-5-9(14)8(13)4-7(10)12/h4-5,15-16H,3,6,14H2,1-2H3. The molecule has 1 unspecified atom stereocenters. The van der Waals surface area contributed by atoms with E-state index in [1.807, 2.05) is 0 Å². The van der Waals surface area contributed by atoms with Crippen LogP contribution in [0.15, 0.2) is 17.0 Å². The van der Waals surface area contributed by atoms with Crippen LogP contribution in [-0.2, 0) is 10.0 Å². The molecule has 4 N–H and O–H groups in total. The van der Waals surface area contributed by atoms with Gasteiger partial charge < -0.3 is 10.8 Å². The molecule has 0 aliphatic carbocycles. The summed E-state index contributed by atoms with van der Waals surface area (Å²) in [6.45, 7) is 3.03. The van der Waals surface area contributed by atoms with Crippen molar-refractivity contribution >= 4 is 27.3 Å². The van der Waals surface area contributed by atoms with Gasteiger partial charge in [-0.1, -0.05) is 18.5 Å². The number of nitrogens with two attached hydrogens (primary N) is 1. The maximum Gasteiger partial charge on any atom is 0.242 e. The first-order valence-corrected chi connectivity index (χ1v) is 7.42. The highest BCUT2D eigenvalue weighted by Gasteiger charge is 2.24. The van der Waals surface area contributed by atoms with Crippen molar-refractivity contribution in [2.45, 2.75) is 30.8 Å². The average Bonchev–Trinajstić information content (AvgIpc) is 2.31. The summed E-state index contributed by atoms with van der Waals surface area (Å²) in [7, 11) is -3.96. The number of anilines is 1. The monoisotopic (exact) mass is 310 g/mol. The van der Waals surface area contributed by atoms with E-state index in [0.29, 0.717) is 6.42 Å². The first-order valence-electron chi connectivity index (χ1n) is 5.55. The van der Waals surface area contributed by atoms with E-state index in [9.17, 15) is 17.9 Å². The number of nitrogen functional groups attached to an aromatic ring is 1. The maximum atomic E-state index is 13.1. The molecule has 0 aliphatic heterocycles. The Balaban J connectivity index is 3.05. The predicted molar refractivity (Wildman–Crippen MR) is 71.9 cm³/mol. The van der Waals surface area contributed by atoms with Gasteiger partial charge in [0.1, 0.15) is 10.7 Å². The van der Waals surface area contributed by atoms with Gasteiger partial charge in [-0.05, 0) is 25.5 Å². The molecular formula is C11H16ClFN2O3S. The van der Waals surface area contributed by atoms with Gasteiger partial charge in [-0.2, -0.15) is 0 Å². The summed E-state index contributed by atoms with van der Waals surface area (Å²) in [5.41, 5.74) is 3.83. The molecule has 0 amide bonds. The number of aliphatic hydroxyl groups is 1. The van der Waals surface area contributed by atoms with E-state index in [2.05, 4.69) is 4.72 Å². The molecule has 0 fully saturated rings. The Morgan fingerprint density at radius 3 is 2.63 bits per heavy atom. The largest absolute Gasteiger partial charge is 0.396 e. The van der Waals surface area contributed by atoms with Crippen molar-refractivity contribution in [3.8, 4) is 0 Å². The van der Waals surface area contributed by atoms with E-state index in [0.717, 1.165) is 12.1 Å². The highest BCUT2D eigenvalue weighted by Crippen LogP contribution is 2.26. The first kappa shape index (κ1) is 16.2. The van der Waals surface area contributed by atoms with Gasteiger partial charge in [0.2, 0.25) is 10.0 Å². The molecule has 0 radical (unpaired) electrons. The van der Waals surface area contributed by atoms with Crippen LogP contribution in [0.25, 0.3) is 0 Å². The van der Waals surface area contributed by atoms with Crippen LogP contribution in [0.2, 0.25) is 5.02 Å². The van der Waals surface area contributed by atoms with Crippen LogP contribution in [0.1, 0.15) is 20.3 Å². The van der Waals surface area contributed by atoms with Crippen LogP contribution in [0.5, 0.6) is 0 Å². The molecule has 1 aromatic rings. The van der Waals surface area contributed by atoms with Crippen LogP contribution in [-0.4, -0.2) is 25.7 Å². The van der Waals surface area contributed by atoms with Crippen molar-refractivity contribution in [2.24, 2.45) is 0 Å². The minimum absolute atomic E-state index is 0.181. The quantitative estimate of drug-likeness (QED) is 0.719. The molecule has 1 atom stereocenters. The molecule has 0 spiro atoms. The van der Waals surface area contributed by atoms with E-state index >= 15 is 0 Å². The molecule has 0 aromatic heterocycles. The molecule has 0 bridgehead atoms. The first-order chi connectivity index (χ1) is 8.59.